The lowest BCUT2D eigenvalue weighted by Gasteiger charge is -2.05. The maximum atomic E-state index is 5.85. The van der Waals surface area contributed by atoms with Gasteiger partial charge in [0, 0.05) is 16.5 Å². The average molecular weight is 250 g/mol. The lowest BCUT2D eigenvalue weighted by atomic mass is 10.1. The lowest BCUT2D eigenvalue weighted by Crippen LogP contribution is -2.03. The number of rotatable bonds is 4. The van der Waals surface area contributed by atoms with Crippen LogP contribution in [0.25, 0.3) is 11.3 Å². The van der Waals surface area contributed by atoms with Gasteiger partial charge in [0.05, 0.1) is 0 Å². The summed E-state index contributed by atoms with van der Waals surface area (Å²) in [4.78, 5) is 0. The molecule has 0 saturated heterocycles. The van der Waals surface area contributed by atoms with Crippen LogP contribution in [0.5, 0.6) is 0 Å². The van der Waals surface area contributed by atoms with Crippen LogP contribution in [0.1, 0.15) is 25.0 Å². The summed E-state index contributed by atoms with van der Waals surface area (Å²) < 4.78 is 5.83. The van der Waals surface area contributed by atoms with Crippen LogP contribution in [0.2, 0.25) is 5.02 Å². The quantitative estimate of drug-likeness (QED) is 0.888. The maximum absolute atomic E-state index is 5.85. The van der Waals surface area contributed by atoms with E-state index < -0.39 is 0 Å². The van der Waals surface area contributed by atoms with Gasteiger partial charge in [-0.3, -0.25) is 0 Å². The van der Waals surface area contributed by atoms with Crippen molar-refractivity contribution in [3.8, 4) is 11.3 Å². The molecule has 2 nitrogen and oxygen atoms in total. The first-order valence-electron chi connectivity index (χ1n) is 5.76. The van der Waals surface area contributed by atoms with Crippen molar-refractivity contribution in [2.24, 2.45) is 5.73 Å². The summed E-state index contributed by atoms with van der Waals surface area (Å²) >= 11 is 5.85. The van der Waals surface area contributed by atoms with Crippen molar-refractivity contribution >= 4 is 11.6 Å². The van der Waals surface area contributed by atoms with Crippen molar-refractivity contribution in [2.45, 2.75) is 19.3 Å². The van der Waals surface area contributed by atoms with E-state index >= 15 is 0 Å². The highest BCUT2D eigenvalue weighted by atomic mass is 35.5. The Labute approximate surface area is 106 Å². The van der Waals surface area contributed by atoms with Crippen LogP contribution in [0.3, 0.4) is 0 Å². The topological polar surface area (TPSA) is 39.2 Å². The van der Waals surface area contributed by atoms with Crippen molar-refractivity contribution in [1.29, 1.82) is 0 Å². The van der Waals surface area contributed by atoms with E-state index in [0.717, 1.165) is 28.5 Å². The summed E-state index contributed by atoms with van der Waals surface area (Å²) in [6.45, 7) is 2.80. The van der Waals surface area contributed by atoms with Crippen molar-refractivity contribution in [2.75, 3.05) is 6.54 Å². The van der Waals surface area contributed by atoms with E-state index in [-0.39, 0.29) is 0 Å². The summed E-state index contributed by atoms with van der Waals surface area (Å²) in [6.07, 6.45) is 0.938. The van der Waals surface area contributed by atoms with Crippen LogP contribution in [0.4, 0.5) is 0 Å². The number of nitrogens with two attached hydrogens (primary N) is 1. The molecule has 90 valence electrons. The van der Waals surface area contributed by atoms with Crippen molar-refractivity contribution < 1.29 is 4.42 Å². The first kappa shape index (κ1) is 12.2. The standard InChI is InChI=1S/C14H16ClNO/c1-10(8-9-16)13-6-7-14(17-13)11-2-4-12(15)5-3-11/h2-7,10H,8-9,16H2,1H3. The molecule has 0 amide bonds. The molecule has 1 aromatic heterocycles. The third-order valence-corrected chi connectivity index (χ3v) is 3.09. The minimum Gasteiger partial charge on any atom is -0.461 e. The van der Waals surface area contributed by atoms with E-state index in [1.165, 1.54) is 0 Å². The number of hydrogen-bond donors (Lipinski definition) is 1. The molecule has 0 spiro atoms. The molecule has 1 aromatic carbocycles. The SMILES string of the molecule is CC(CCN)c1ccc(-c2ccc(Cl)cc2)o1. The average Bonchev–Trinajstić information content (AvgIpc) is 2.80. The molecule has 0 aliphatic rings. The van der Waals surface area contributed by atoms with Gasteiger partial charge in [-0.2, -0.15) is 0 Å². The minimum atomic E-state index is 0.362. The monoisotopic (exact) mass is 249 g/mol. The van der Waals surface area contributed by atoms with Gasteiger partial charge < -0.3 is 10.2 Å². The van der Waals surface area contributed by atoms with E-state index in [0.29, 0.717) is 12.5 Å². The van der Waals surface area contributed by atoms with E-state index in [9.17, 15) is 0 Å². The number of hydrogen-bond acceptors (Lipinski definition) is 2. The molecular weight excluding hydrogens is 234 g/mol. The van der Waals surface area contributed by atoms with Crippen LogP contribution in [-0.4, -0.2) is 6.54 Å². The zero-order valence-corrected chi connectivity index (χ0v) is 10.6. The molecule has 2 rings (SSSR count). The van der Waals surface area contributed by atoms with Crippen molar-refractivity contribution in [3.05, 3.63) is 47.2 Å². The van der Waals surface area contributed by atoms with Crippen LogP contribution >= 0.6 is 11.6 Å². The fourth-order valence-electron chi connectivity index (χ4n) is 1.78. The van der Waals surface area contributed by atoms with Crippen LogP contribution in [-0.2, 0) is 0 Å². The van der Waals surface area contributed by atoms with E-state index in [1.54, 1.807) is 0 Å². The van der Waals surface area contributed by atoms with Crippen molar-refractivity contribution in [1.82, 2.24) is 0 Å². The predicted octanol–water partition coefficient (Wildman–Crippen LogP) is 4.05. The highest BCUT2D eigenvalue weighted by Crippen LogP contribution is 2.28. The highest BCUT2D eigenvalue weighted by Gasteiger charge is 2.10. The molecule has 3 heteroatoms. The Morgan fingerprint density at radius 1 is 1.18 bits per heavy atom. The molecule has 1 atom stereocenters. The Morgan fingerprint density at radius 2 is 1.88 bits per heavy atom. The molecule has 2 N–H and O–H groups in total. The number of halogens is 1. The van der Waals surface area contributed by atoms with Gasteiger partial charge in [-0.15, -0.1) is 0 Å². The molecule has 0 radical (unpaired) electrons. The third-order valence-electron chi connectivity index (χ3n) is 2.84. The van der Waals surface area contributed by atoms with Gasteiger partial charge in [-0.05, 0) is 49.4 Å². The zero-order chi connectivity index (χ0) is 12.3. The Kier molecular flexibility index (Phi) is 3.87. The zero-order valence-electron chi connectivity index (χ0n) is 9.82. The molecule has 0 saturated carbocycles. The molecule has 0 fully saturated rings. The van der Waals surface area contributed by atoms with Gasteiger partial charge in [0.2, 0.25) is 0 Å². The molecule has 0 bridgehead atoms. The molecule has 1 unspecified atom stereocenters. The smallest absolute Gasteiger partial charge is 0.134 e. The predicted molar refractivity (Wildman–Crippen MR) is 71.2 cm³/mol. The summed E-state index contributed by atoms with van der Waals surface area (Å²) in [7, 11) is 0. The second-order valence-electron chi connectivity index (χ2n) is 4.19. The maximum Gasteiger partial charge on any atom is 0.134 e. The number of benzene rings is 1. The molecule has 2 aromatic rings. The Balaban J connectivity index is 2.20. The minimum absolute atomic E-state index is 0.362. The first-order valence-corrected chi connectivity index (χ1v) is 6.14. The van der Waals surface area contributed by atoms with Gasteiger partial charge in [0.1, 0.15) is 11.5 Å². The van der Waals surface area contributed by atoms with Crippen molar-refractivity contribution in [3.63, 3.8) is 0 Å². The Hall–Kier alpha value is -1.25. The van der Waals surface area contributed by atoms with E-state index in [4.69, 9.17) is 21.8 Å². The summed E-state index contributed by atoms with van der Waals surface area (Å²) in [6, 6.07) is 11.7. The van der Waals surface area contributed by atoms with Gasteiger partial charge in [-0.25, -0.2) is 0 Å². The van der Waals surface area contributed by atoms with E-state index in [2.05, 4.69) is 6.92 Å². The normalized spacial score (nSPS) is 12.6. The third kappa shape index (κ3) is 2.90. The molecule has 0 aliphatic carbocycles. The van der Waals surface area contributed by atoms with Gasteiger partial charge >= 0.3 is 0 Å². The second kappa shape index (κ2) is 5.39. The lowest BCUT2D eigenvalue weighted by molar-refractivity contribution is 0.474. The fourth-order valence-corrected chi connectivity index (χ4v) is 1.91. The number of furan rings is 1. The first-order chi connectivity index (χ1) is 8.20. The summed E-state index contributed by atoms with van der Waals surface area (Å²) in [5, 5.41) is 0.733. The second-order valence-corrected chi connectivity index (χ2v) is 4.62. The molecular formula is C14H16ClNO. The van der Waals surface area contributed by atoms with E-state index in [1.807, 2.05) is 36.4 Å². The Bertz CT molecular complexity index is 475. The van der Waals surface area contributed by atoms with Gasteiger partial charge in [-0.1, -0.05) is 18.5 Å². The summed E-state index contributed by atoms with van der Waals surface area (Å²) in [5.74, 6) is 2.22. The highest BCUT2D eigenvalue weighted by molar-refractivity contribution is 6.30. The molecule has 0 aliphatic heterocycles. The van der Waals surface area contributed by atoms with Gasteiger partial charge in [0.15, 0.2) is 0 Å². The molecule has 17 heavy (non-hydrogen) atoms. The van der Waals surface area contributed by atoms with Crippen LogP contribution < -0.4 is 5.73 Å². The molecule has 1 heterocycles. The fraction of sp³-hybridized carbons (Fsp3) is 0.286. The largest absolute Gasteiger partial charge is 0.461 e. The van der Waals surface area contributed by atoms with Gasteiger partial charge in [0.25, 0.3) is 0 Å². The summed E-state index contributed by atoms with van der Waals surface area (Å²) in [5.41, 5.74) is 6.59. The Morgan fingerprint density at radius 3 is 2.53 bits per heavy atom. The van der Waals surface area contributed by atoms with Crippen LogP contribution in [0.15, 0.2) is 40.8 Å². The van der Waals surface area contributed by atoms with Crippen LogP contribution in [0, 0.1) is 0 Å².